The first-order valence-electron chi connectivity index (χ1n) is 12.6. The number of benzene rings is 3. The van der Waals surface area contributed by atoms with Crippen LogP contribution in [0.25, 0.3) is 6.08 Å². The molecule has 38 heavy (non-hydrogen) atoms. The topological polar surface area (TPSA) is 113 Å². The van der Waals surface area contributed by atoms with Gasteiger partial charge in [-0.25, -0.2) is 4.79 Å². The van der Waals surface area contributed by atoms with Gasteiger partial charge in [-0.2, -0.15) is 0 Å². The van der Waals surface area contributed by atoms with Crippen LogP contribution < -0.4 is 10.1 Å². The maximum absolute atomic E-state index is 11.2. The largest absolute Gasteiger partial charge is 0.488 e. The van der Waals surface area contributed by atoms with Crippen LogP contribution in [0.4, 0.5) is 5.69 Å². The number of aliphatic carboxylic acids is 1. The van der Waals surface area contributed by atoms with Gasteiger partial charge in [0.1, 0.15) is 12.4 Å². The van der Waals surface area contributed by atoms with Crippen LogP contribution in [-0.4, -0.2) is 28.1 Å². The number of unbranched alkanes of at least 4 members (excludes halogenated alkanes) is 1. The van der Waals surface area contributed by atoms with Crippen molar-refractivity contribution in [2.75, 3.05) is 5.32 Å². The SMILES string of the molecule is CC(=O)Nc1ccc(COc2ccccc2C=CC(CCCCC(=O)O)Cc2ccc(C(=O)O)cc2)cc1. The molecule has 0 heterocycles. The molecular weight excluding hydrogens is 482 g/mol. The number of hydrogen-bond donors (Lipinski definition) is 3. The molecule has 0 spiro atoms. The summed E-state index contributed by atoms with van der Waals surface area (Å²) in [5.41, 5.74) is 3.91. The van der Waals surface area contributed by atoms with Gasteiger partial charge in [0.2, 0.25) is 5.91 Å². The molecule has 0 saturated heterocycles. The van der Waals surface area contributed by atoms with E-state index in [1.165, 1.54) is 6.92 Å². The number of ether oxygens (including phenoxy) is 1. The first kappa shape index (κ1) is 28.2. The van der Waals surface area contributed by atoms with Crippen molar-refractivity contribution in [2.24, 2.45) is 5.92 Å². The van der Waals surface area contributed by atoms with Gasteiger partial charge >= 0.3 is 11.9 Å². The third-order valence-electron chi connectivity index (χ3n) is 6.05. The van der Waals surface area contributed by atoms with E-state index < -0.39 is 11.9 Å². The van der Waals surface area contributed by atoms with Crippen molar-refractivity contribution >= 4 is 29.6 Å². The number of allylic oxidation sites excluding steroid dienone is 1. The van der Waals surface area contributed by atoms with Crippen LogP contribution in [0.1, 0.15) is 59.7 Å². The van der Waals surface area contributed by atoms with E-state index in [-0.39, 0.29) is 23.8 Å². The monoisotopic (exact) mass is 515 g/mol. The molecule has 0 aliphatic rings. The zero-order chi connectivity index (χ0) is 27.3. The van der Waals surface area contributed by atoms with Crippen molar-refractivity contribution in [2.45, 2.75) is 45.6 Å². The molecule has 3 rings (SSSR count). The second-order valence-electron chi connectivity index (χ2n) is 9.17. The second-order valence-corrected chi connectivity index (χ2v) is 9.17. The van der Waals surface area contributed by atoms with Crippen LogP contribution in [0, 0.1) is 5.92 Å². The highest BCUT2D eigenvalue weighted by Crippen LogP contribution is 2.24. The van der Waals surface area contributed by atoms with Gasteiger partial charge in [-0.15, -0.1) is 0 Å². The van der Waals surface area contributed by atoms with Crippen LogP contribution >= 0.6 is 0 Å². The van der Waals surface area contributed by atoms with Gasteiger partial charge in [0, 0.05) is 24.6 Å². The van der Waals surface area contributed by atoms with E-state index in [0.29, 0.717) is 19.4 Å². The molecule has 198 valence electrons. The molecule has 3 aromatic carbocycles. The Morgan fingerprint density at radius 1 is 0.895 bits per heavy atom. The number of carboxylic acid groups (broad SMARTS) is 2. The summed E-state index contributed by atoms with van der Waals surface area (Å²) in [7, 11) is 0. The van der Waals surface area contributed by atoms with E-state index >= 15 is 0 Å². The second kappa shape index (κ2) is 14.4. The zero-order valence-corrected chi connectivity index (χ0v) is 21.4. The summed E-state index contributed by atoms with van der Waals surface area (Å²) in [6, 6.07) is 22.1. The summed E-state index contributed by atoms with van der Waals surface area (Å²) in [6.45, 7) is 1.84. The van der Waals surface area contributed by atoms with Crippen molar-refractivity contribution in [3.63, 3.8) is 0 Å². The van der Waals surface area contributed by atoms with E-state index in [4.69, 9.17) is 14.9 Å². The summed E-state index contributed by atoms with van der Waals surface area (Å²) in [4.78, 5) is 33.3. The first-order valence-corrected chi connectivity index (χ1v) is 12.6. The van der Waals surface area contributed by atoms with Crippen LogP contribution in [0.15, 0.2) is 78.9 Å². The van der Waals surface area contributed by atoms with Crippen molar-refractivity contribution < 1.29 is 29.3 Å². The first-order chi connectivity index (χ1) is 18.3. The summed E-state index contributed by atoms with van der Waals surface area (Å²) in [5, 5.41) is 20.9. The molecule has 0 aliphatic heterocycles. The third-order valence-corrected chi connectivity index (χ3v) is 6.05. The van der Waals surface area contributed by atoms with Gasteiger partial charge in [0.25, 0.3) is 0 Å². The van der Waals surface area contributed by atoms with Gasteiger partial charge in [-0.05, 0) is 66.6 Å². The molecule has 7 nitrogen and oxygen atoms in total. The molecule has 0 aliphatic carbocycles. The molecule has 3 aromatic rings. The van der Waals surface area contributed by atoms with E-state index in [9.17, 15) is 14.4 Å². The average Bonchev–Trinajstić information content (AvgIpc) is 2.89. The van der Waals surface area contributed by atoms with Crippen molar-refractivity contribution in [3.05, 3.63) is 101 Å². The normalized spacial score (nSPS) is 11.7. The minimum Gasteiger partial charge on any atom is -0.488 e. The lowest BCUT2D eigenvalue weighted by Gasteiger charge is -2.14. The van der Waals surface area contributed by atoms with Gasteiger partial charge in [0.05, 0.1) is 5.56 Å². The Labute approximate surface area is 222 Å². The van der Waals surface area contributed by atoms with Crippen LogP contribution in [0.5, 0.6) is 5.75 Å². The van der Waals surface area contributed by atoms with Crippen molar-refractivity contribution in [1.82, 2.24) is 0 Å². The molecule has 0 bridgehead atoms. The van der Waals surface area contributed by atoms with Gasteiger partial charge in [-0.1, -0.05) is 61.0 Å². The summed E-state index contributed by atoms with van der Waals surface area (Å²) in [5.74, 6) is -0.981. The zero-order valence-electron chi connectivity index (χ0n) is 21.4. The number of carboxylic acids is 2. The number of nitrogens with one attached hydrogen (secondary N) is 1. The fraction of sp³-hybridized carbons (Fsp3) is 0.258. The minimum absolute atomic E-state index is 0.118. The molecule has 3 N–H and O–H groups in total. The van der Waals surface area contributed by atoms with Gasteiger partial charge in [-0.3, -0.25) is 9.59 Å². The molecule has 1 unspecified atom stereocenters. The number of carbonyl (C=O) groups is 3. The van der Waals surface area contributed by atoms with Crippen molar-refractivity contribution in [1.29, 1.82) is 0 Å². The predicted molar refractivity (Wildman–Crippen MR) is 147 cm³/mol. The Balaban J connectivity index is 1.69. The van der Waals surface area contributed by atoms with Crippen LogP contribution in [0.3, 0.4) is 0 Å². The standard InChI is InChI=1S/C31H33NO6/c1-22(33)32-28-18-13-25(14-19-28)21-38-29-8-4-3-7-26(29)15-10-23(6-2-5-9-30(34)35)20-24-11-16-27(17-12-24)31(36)37/h3-4,7-8,10-19,23H,2,5-6,9,20-21H2,1H3,(H,32,33)(H,34,35)(H,36,37). The van der Waals surface area contributed by atoms with Crippen LogP contribution in [0.2, 0.25) is 0 Å². The lowest BCUT2D eigenvalue weighted by Crippen LogP contribution is -2.05. The third kappa shape index (κ3) is 9.58. The number of para-hydroxylation sites is 1. The fourth-order valence-corrected chi connectivity index (χ4v) is 4.07. The van der Waals surface area contributed by atoms with E-state index in [2.05, 4.69) is 11.4 Å². The van der Waals surface area contributed by atoms with Crippen molar-refractivity contribution in [3.8, 4) is 5.75 Å². The quantitative estimate of drug-likeness (QED) is 0.213. The number of amides is 1. The molecule has 0 saturated carbocycles. The number of carbonyl (C=O) groups excluding carboxylic acids is 1. The smallest absolute Gasteiger partial charge is 0.335 e. The molecule has 1 atom stereocenters. The summed E-state index contributed by atoms with van der Waals surface area (Å²) in [6.07, 6.45) is 7.21. The van der Waals surface area contributed by atoms with Crippen LogP contribution in [-0.2, 0) is 22.6 Å². The number of rotatable bonds is 14. The Kier molecular flexibility index (Phi) is 10.7. The van der Waals surface area contributed by atoms with Gasteiger partial charge in [0.15, 0.2) is 0 Å². The Hall–Kier alpha value is -4.39. The van der Waals surface area contributed by atoms with E-state index in [1.54, 1.807) is 12.1 Å². The molecular formula is C31H33NO6. The van der Waals surface area contributed by atoms with E-state index in [1.807, 2.05) is 66.7 Å². The van der Waals surface area contributed by atoms with Gasteiger partial charge < -0.3 is 20.3 Å². The summed E-state index contributed by atoms with van der Waals surface area (Å²) >= 11 is 0. The highest BCUT2D eigenvalue weighted by molar-refractivity contribution is 5.88. The molecule has 0 radical (unpaired) electrons. The lowest BCUT2D eigenvalue weighted by molar-refractivity contribution is -0.137. The Morgan fingerprint density at radius 2 is 1.58 bits per heavy atom. The summed E-state index contributed by atoms with van der Waals surface area (Å²) < 4.78 is 6.10. The maximum atomic E-state index is 11.2. The fourth-order valence-electron chi connectivity index (χ4n) is 4.07. The molecule has 1 amide bonds. The predicted octanol–water partition coefficient (Wildman–Crippen LogP) is 6.44. The highest BCUT2D eigenvalue weighted by Gasteiger charge is 2.10. The number of hydrogen-bond acceptors (Lipinski definition) is 4. The van der Waals surface area contributed by atoms with E-state index in [0.717, 1.165) is 41.0 Å². The molecule has 7 heteroatoms. The number of aromatic carboxylic acids is 1. The Bertz CT molecular complexity index is 1250. The highest BCUT2D eigenvalue weighted by atomic mass is 16.5. The molecule has 0 aromatic heterocycles. The number of anilines is 1. The maximum Gasteiger partial charge on any atom is 0.335 e. The molecule has 0 fully saturated rings. The minimum atomic E-state index is -0.957. The average molecular weight is 516 g/mol. The Morgan fingerprint density at radius 3 is 2.24 bits per heavy atom. The lowest BCUT2D eigenvalue weighted by atomic mass is 9.92.